The van der Waals surface area contributed by atoms with Gasteiger partial charge in [-0.25, -0.2) is 0 Å². The van der Waals surface area contributed by atoms with Gasteiger partial charge >= 0.3 is 0 Å². The molecule has 0 aliphatic heterocycles. The van der Waals surface area contributed by atoms with E-state index in [0.717, 1.165) is 11.3 Å². The van der Waals surface area contributed by atoms with Gasteiger partial charge in [0.1, 0.15) is 23.8 Å². The summed E-state index contributed by atoms with van der Waals surface area (Å²) in [5.41, 5.74) is 2.72. The van der Waals surface area contributed by atoms with Gasteiger partial charge in [0.2, 0.25) is 0 Å². The number of aromatic nitrogens is 3. The van der Waals surface area contributed by atoms with Crippen LogP contribution in [0.2, 0.25) is 0 Å². The van der Waals surface area contributed by atoms with Crippen LogP contribution in [-0.2, 0) is 0 Å². The molecular formula is C21H20N4O3. The number of amides is 1. The van der Waals surface area contributed by atoms with Crippen molar-refractivity contribution in [2.24, 2.45) is 0 Å². The van der Waals surface area contributed by atoms with Gasteiger partial charge < -0.3 is 14.8 Å². The number of H-pyrrole nitrogens is 1. The maximum Gasteiger partial charge on any atom is 0.270 e. The van der Waals surface area contributed by atoms with Gasteiger partial charge in [0, 0.05) is 11.3 Å². The lowest BCUT2D eigenvalue weighted by atomic mass is 10.1. The van der Waals surface area contributed by atoms with Gasteiger partial charge in [-0.1, -0.05) is 24.0 Å². The third kappa shape index (κ3) is 4.89. The number of carbonyl (C=O) groups excluding carboxylic acids is 1. The van der Waals surface area contributed by atoms with Crippen molar-refractivity contribution in [2.75, 3.05) is 20.3 Å². The topological polar surface area (TPSA) is 89.1 Å². The predicted octanol–water partition coefficient (Wildman–Crippen LogP) is 2.60. The molecule has 0 atom stereocenters. The van der Waals surface area contributed by atoms with Crippen LogP contribution in [0.3, 0.4) is 0 Å². The quantitative estimate of drug-likeness (QED) is 0.646. The van der Waals surface area contributed by atoms with Crippen LogP contribution in [0, 0.1) is 18.8 Å². The second-order valence-corrected chi connectivity index (χ2v) is 5.83. The van der Waals surface area contributed by atoms with E-state index in [1.165, 1.54) is 0 Å². The molecule has 7 nitrogen and oxygen atoms in total. The lowest BCUT2D eigenvalue weighted by Crippen LogP contribution is -2.24. The van der Waals surface area contributed by atoms with Crippen LogP contribution >= 0.6 is 0 Å². The lowest BCUT2D eigenvalue weighted by Gasteiger charge is -2.04. The van der Waals surface area contributed by atoms with E-state index in [4.69, 9.17) is 9.47 Å². The Morgan fingerprint density at radius 2 is 2.07 bits per heavy atom. The molecule has 2 aromatic heterocycles. The van der Waals surface area contributed by atoms with Gasteiger partial charge in [-0.15, -0.1) is 0 Å². The number of aromatic amines is 1. The third-order valence-electron chi connectivity index (χ3n) is 3.86. The van der Waals surface area contributed by atoms with Crippen LogP contribution in [-0.4, -0.2) is 41.3 Å². The fourth-order valence-corrected chi connectivity index (χ4v) is 2.42. The Balaban J connectivity index is 1.49. The summed E-state index contributed by atoms with van der Waals surface area (Å²) >= 11 is 0. The Labute approximate surface area is 163 Å². The molecule has 2 N–H and O–H groups in total. The molecule has 0 aliphatic rings. The molecule has 142 valence electrons. The molecular weight excluding hydrogens is 356 g/mol. The average Bonchev–Trinajstić information content (AvgIpc) is 3.22. The lowest BCUT2D eigenvalue weighted by molar-refractivity contribution is 0.0953. The monoisotopic (exact) mass is 376 g/mol. The molecule has 0 aliphatic carbocycles. The normalized spacial score (nSPS) is 9.93. The zero-order chi connectivity index (χ0) is 19.8. The van der Waals surface area contributed by atoms with Crippen LogP contribution in [0.4, 0.5) is 0 Å². The maximum atomic E-state index is 12.2. The third-order valence-corrected chi connectivity index (χ3v) is 3.86. The first-order valence-electron chi connectivity index (χ1n) is 8.65. The SMILES string of the molecule is COc1ccccc1-c1cc(C(=O)NCC#CCOc2ccc(C)nc2)[nH]n1. The van der Waals surface area contributed by atoms with E-state index < -0.39 is 0 Å². The second-order valence-electron chi connectivity index (χ2n) is 5.83. The zero-order valence-electron chi connectivity index (χ0n) is 15.7. The summed E-state index contributed by atoms with van der Waals surface area (Å²) in [6.45, 7) is 2.34. The number of para-hydroxylation sites is 1. The highest BCUT2D eigenvalue weighted by Gasteiger charge is 2.12. The number of nitrogens with zero attached hydrogens (tertiary/aromatic N) is 2. The van der Waals surface area contributed by atoms with Crippen molar-refractivity contribution in [3.05, 3.63) is 60.0 Å². The number of aryl methyl sites for hydroxylation is 1. The molecule has 0 unspecified atom stereocenters. The number of methoxy groups -OCH3 is 1. The Morgan fingerprint density at radius 3 is 2.86 bits per heavy atom. The first-order chi connectivity index (χ1) is 13.7. The molecule has 3 aromatic rings. The molecule has 28 heavy (non-hydrogen) atoms. The van der Waals surface area contributed by atoms with E-state index in [1.807, 2.05) is 43.3 Å². The highest BCUT2D eigenvalue weighted by molar-refractivity contribution is 5.93. The average molecular weight is 376 g/mol. The van der Waals surface area contributed by atoms with E-state index in [0.29, 0.717) is 22.9 Å². The minimum Gasteiger partial charge on any atom is -0.496 e. The molecule has 1 aromatic carbocycles. The Hall–Kier alpha value is -3.79. The van der Waals surface area contributed by atoms with E-state index in [2.05, 4.69) is 32.3 Å². The van der Waals surface area contributed by atoms with Crippen LogP contribution < -0.4 is 14.8 Å². The fraction of sp³-hybridized carbons (Fsp3) is 0.190. The van der Waals surface area contributed by atoms with Crippen molar-refractivity contribution < 1.29 is 14.3 Å². The summed E-state index contributed by atoms with van der Waals surface area (Å²) < 4.78 is 10.8. The Kier molecular flexibility index (Phi) is 6.26. The van der Waals surface area contributed by atoms with Gasteiger partial charge in [0.25, 0.3) is 5.91 Å². The number of hydrogen-bond donors (Lipinski definition) is 2. The van der Waals surface area contributed by atoms with Crippen molar-refractivity contribution in [3.63, 3.8) is 0 Å². The fourth-order valence-electron chi connectivity index (χ4n) is 2.42. The van der Waals surface area contributed by atoms with Crippen LogP contribution in [0.5, 0.6) is 11.5 Å². The summed E-state index contributed by atoms with van der Waals surface area (Å²) in [5, 5.41) is 9.64. The molecule has 2 heterocycles. The smallest absolute Gasteiger partial charge is 0.270 e. The van der Waals surface area contributed by atoms with Crippen LogP contribution in [0.15, 0.2) is 48.7 Å². The summed E-state index contributed by atoms with van der Waals surface area (Å²) in [6.07, 6.45) is 1.65. The molecule has 0 saturated heterocycles. The van der Waals surface area contributed by atoms with Crippen molar-refractivity contribution in [1.82, 2.24) is 20.5 Å². The highest BCUT2D eigenvalue weighted by atomic mass is 16.5. The first-order valence-corrected chi connectivity index (χ1v) is 8.65. The van der Waals surface area contributed by atoms with Gasteiger partial charge in [-0.2, -0.15) is 5.10 Å². The van der Waals surface area contributed by atoms with Crippen LogP contribution in [0.1, 0.15) is 16.2 Å². The van der Waals surface area contributed by atoms with Gasteiger partial charge in [0.15, 0.2) is 0 Å². The molecule has 7 heteroatoms. The molecule has 0 spiro atoms. The van der Waals surface area contributed by atoms with E-state index in [9.17, 15) is 4.79 Å². The maximum absolute atomic E-state index is 12.2. The van der Waals surface area contributed by atoms with Gasteiger partial charge in [-0.3, -0.25) is 14.9 Å². The summed E-state index contributed by atoms with van der Waals surface area (Å²) in [7, 11) is 1.59. The zero-order valence-corrected chi connectivity index (χ0v) is 15.7. The molecule has 0 radical (unpaired) electrons. The minimum atomic E-state index is -0.286. The number of nitrogens with one attached hydrogen (secondary N) is 2. The van der Waals surface area contributed by atoms with E-state index in [-0.39, 0.29) is 19.1 Å². The minimum absolute atomic E-state index is 0.206. The van der Waals surface area contributed by atoms with Crippen molar-refractivity contribution in [1.29, 1.82) is 0 Å². The molecule has 1 amide bonds. The molecule has 3 rings (SSSR count). The van der Waals surface area contributed by atoms with Crippen LogP contribution in [0.25, 0.3) is 11.3 Å². The largest absolute Gasteiger partial charge is 0.496 e. The molecule has 0 saturated carbocycles. The van der Waals surface area contributed by atoms with Gasteiger partial charge in [0.05, 0.1) is 25.5 Å². The van der Waals surface area contributed by atoms with E-state index in [1.54, 1.807) is 19.4 Å². The number of hydrogen-bond acceptors (Lipinski definition) is 5. The number of benzene rings is 1. The first kappa shape index (κ1) is 19.0. The van der Waals surface area contributed by atoms with Gasteiger partial charge in [-0.05, 0) is 37.3 Å². The molecule has 0 bridgehead atoms. The highest BCUT2D eigenvalue weighted by Crippen LogP contribution is 2.28. The Bertz CT molecular complexity index is 1000. The number of carbonyl (C=O) groups is 1. The Morgan fingerprint density at radius 1 is 1.21 bits per heavy atom. The van der Waals surface area contributed by atoms with E-state index >= 15 is 0 Å². The summed E-state index contributed by atoms with van der Waals surface area (Å²) in [5.74, 6) is 6.75. The van der Waals surface area contributed by atoms with Crippen molar-refractivity contribution in [2.45, 2.75) is 6.92 Å². The summed E-state index contributed by atoms with van der Waals surface area (Å²) in [4.78, 5) is 16.3. The number of ether oxygens (including phenoxy) is 2. The number of rotatable bonds is 6. The standard InChI is InChI=1S/C21H20N4O3/c1-15-9-10-16(14-23-15)28-12-6-5-11-22-21(26)19-13-18(24-25-19)17-7-3-4-8-20(17)27-2/h3-4,7-10,13-14H,11-12H2,1-2H3,(H,22,26)(H,24,25). The summed E-state index contributed by atoms with van der Waals surface area (Å²) in [6, 6.07) is 12.9. The molecule has 0 fully saturated rings. The number of pyridine rings is 1. The van der Waals surface area contributed by atoms with Crippen molar-refractivity contribution >= 4 is 5.91 Å². The predicted molar refractivity (Wildman–Crippen MR) is 105 cm³/mol. The second kappa shape index (κ2) is 9.24. The van der Waals surface area contributed by atoms with Crippen molar-refractivity contribution in [3.8, 4) is 34.6 Å².